The zero-order valence-corrected chi connectivity index (χ0v) is 13.6. The molecule has 0 atom stereocenters. The molecule has 0 aliphatic rings. The van der Waals surface area contributed by atoms with E-state index < -0.39 is 16.0 Å². The highest BCUT2D eigenvalue weighted by Crippen LogP contribution is 2.30. The summed E-state index contributed by atoms with van der Waals surface area (Å²) in [5.74, 6) is -0.864. The molecule has 1 N–H and O–H groups in total. The number of para-hydroxylation sites is 1. The fourth-order valence-corrected chi connectivity index (χ4v) is 3.53. The van der Waals surface area contributed by atoms with Crippen LogP contribution >= 0.6 is 0 Å². The lowest BCUT2D eigenvalue weighted by Crippen LogP contribution is -2.27. The normalized spacial score (nSPS) is 11.0. The number of rotatable bonds is 6. The molecule has 0 aliphatic carbocycles. The molecular weight excluding hydrogens is 318 g/mol. The van der Waals surface area contributed by atoms with Crippen LogP contribution in [0.2, 0.25) is 0 Å². The molecule has 2 aromatic carbocycles. The number of carboxylic acid groups (broad SMARTS) is 1. The summed E-state index contributed by atoms with van der Waals surface area (Å²) in [5.41, 5.74) is 0.886. The van der Waals surface area contributed by atoms with Crippen molar-refractivity contribution < 1.29 is 23.1 Å². The number of hydrogen-bond donors (Lipinski definition) is 1. The standard InChI is InChI=1S/C16H17NO5S/c1-17(13-6-4-3-5-7-13)23(20,21)15-10-12(11-16(18)19)8-9-14(15)22-2/h3-10H,11H2,1-2H3,(H,18,19). The number of hydrogen-bond acceptors (Lipinski definition) is 4. The molecule has 0 saturated carbocycles. The Morgan fingerprint density at radius 3 is 2.39 bits per heavy atom. The number of nitrogens with zero attached hydrogens (tertiary/aromatic N) is 1. The van der Waals surface area contributed by atoms with E-state index in [1.807, 2.05) is 0 Å². The van der Waals surface area contributed by atoms with Crippen LogP contribution in [0.15, 0.2) is 53.4 Å². The summed E-state index contributed by atoms with van der Waals surface area (Å²) in [5, 5.41) is 8.88. The van der Waals surface area contributed by atoms with Gasteiger partial charge in [-0.1, -0.05) is 24.3 Å². The molecule has 0 radical (unpaired) electrons. The molecule has 23 heavy (non-hydrogen) atoms. The number of sulfonamides is 1. The van der Waals surface area contributed by atoms with Crippen LogP contribution in [0.3, 0.4) is 0 Å². The maximum Gasteiger partial charge on any atom is 0.307 e. The number of carboxylic acids is 1. The van der Waals surface area contributed by atoms with Crippen LogP contribution in [-0.4, -0.2) is 33.7 Å². The third kappa shape index (κ3) is 3.62. The van der Waals surface area contributed by atoms with Crippen molar-refractivity contribution in [3.05, 3.63) is 54.1 Å². The van der Waals surface area contributed by atoms with Gasteiger partial charge in [-0.3, -0.25) is 9.10 Å². The molecule has 0 amide bonds. The Kier molecular flexibility index (Phi) is 4.90. The molecular formula is C16H17NO5S. The average molecular weight is 335 g/mol. The molecule has 6 nitrogen and oxygen atoms in total. The second-order valence-corrected chi connectivity index (χ2v) is 6.80. The van der Waals surface area contributed by atoms with E-state index in [2.05, 4.69) is 0 Å². The van der Waals surface area contributed by atoms with Crippen molar-refractivity contribution in [3.8, 4) is 5.75 Å². The highest BCUT2D eigenvalue weighted by molar-refractivity contribution is 7.92. The van der Waals surface area contributed by atoms with Gasteiger partial charge in [0, 0.05) is 7.05 Å². The van der Waals surface area contributed by atoms with Crippen LogP contribution in [0.4, 0.5) is 5.69 Å². The summed E-state index contributed by atoms with van der Waals surface area (Å²) < 4.78 is 32.0. The molecule has 2 rings (SSSR count). The SMILES string of the molecule is COc1ccc(CC(=O)O)cc1S(=O)(=O)N(C)c1ccccc1. The molecule has 0 saturated heterocycles. The number of methoxy groups -OCH3 is 1. The molecule has 122 valence electrons. The first kappa shape index (κ1) is 16.8. The van der Waals surface area contributed by atoms with Gasteiger partial charge in [0.05, 0.1) is 19.2 Å². The van der Waals surface area contributed by atoms with Crippen LogP contribution in [-0.2, 0) is 21.2 Å². The molecule has 0 heterocycles. The number of ether oxygens (including phenoxy) is 1. The summed E-state index contributed by atoms with van der Waals surface area (Å²) >= 11 is 0. The molecule has 7 heteroatoms. The Labute approximate surface area is 135 Å². The predicted octanol–water partition coefficient (Wildman–Crippen LogP) is 2.15. The van der Waals surface area contributed by atoms with Gasteiger partial charge in [-0.25, -0.2) is 8.42 Å². The zero-order chi connectivity index (χ0) is 17.0. The van der Waals surface area contributed by atoms with Gasteiger partial charge < -0.3 is 9.84 Å². The number of benzene rings is 2. The van der Waals surface area contributed by atoms with Crippen molar-refractivity contribution >= 4 is 21.7 Å². The van der Waals surface area contributed by atoms with E-state index in [0.29, 0.717) is 11.3 Å². The van der Waals surface area contributed by atoms with Gasteiger partial charge in [-0.05, 0) is 29.8 Å². The molecule has 0 unspecified atom stereocenters. The third-order valence-electron chi connectivity index (χ3n) is 3.34. The van der Waals surface area contributed by atoms with Crippen LogP contribution in [0, 0.1) is 0 Å². The van der Waals surface area contributed by atoms with E-state index >= 15 is 0 Å². The summed E-state index contributed by atoms with van der Waals surface area (Å²) in [4.78, 5) is 10.8. The van der Waals surface area contributed by atoms with Crippen molar-refractivity contribution in [1.29, 1.82) is 0 Å². The first-order chi connectivity index (χ1) is 10.9. The lowest BCUT2D eigenvalue weighted by atomic mass is 10.1. The van der Waals surface area contributed by atoms with E-state index in [1.54, 1.807) is 30.3 Å². The zero-order valence-electron chi connectivity index (χ0n) is 12.8. The minimum Gasteiger partial charge on any atom is -0.495 e. The number of anilines is 1. The van der Waals surface area contributed by atoms with Crippen LogP contribution in [0.25, 0.3) is 0 Å². The van der Waals surface area contributed by atoms with Crippen molar-refractivity contribution in [2.24, 2.45) is 0 Å². The van der Waals surface area contributed by atoms with Crippen molar-refractivity contribution in [3.63, 3.8) is 0 Å². The first-order valence-electron chi connectivity index (χ1n) is 6.79. The Balaban J connectivity index is 2.51. The van der Waals surface area contributed by atoms with E-state index in [-0.39, 0.29) is 17.1 Å². The molecule has 0 fully saturated rings. The van der Waals surface area contributed by atoms with Crippen molar-refractivity contribution in [2.75, 3.05) is 18.5 Å². The third-order valence-corrected chi connectivity index (χ3v) is 5.15. The summed E-state index contributed by atoms with van der Waals surface area (Å²) in [7, 11) is -1.07. The van der Waals surface area contributed by atoms with Gasteiger partial charge >= 0.3 is 5.97 Å². The van der Waals surface area contributed by atoms with E-state index in [1.165, 1.54) is 32.4 Å². The second kappa shape index (κ2) is 6.70. The van der Waals surface area contributed by atoms with Gasteiger partial charge in [0.2, 0.25) is 0 Å². The predicted molar refractivity (Wildman–Crippen MR) is 86.4 cm³/mol. The topological polar surface area (TPSA) is 83.9 Å². The van der Waals surface area contributed by atoms with Crippen molar-refractivity contribution in [1.82, 2.24) is 0 Å². The van der Waals surface area contributed by atoms with Crippen molar-refractivity contribution in [2.45, 2.75) is 11.3 Å². The largest absolute Gasteiger partial charge is 0.495 e. The highest BCUT2D eigenvalue weighted by Gasteiger charge is 2.25. The Bertz CT molecular complexity index is 802. The minimum atomic E-state index is -3.88. The quantitative estimate of drug-likeness (QED) is 0.874. The van der Waals surface area contributed by atoms with E-state index in [4.69, 9.17) is 9.84 Å². The Hall–Kier alpha value is -2.54. The highest BCUT2D eigenvalue weighted by atomic mass is 32.2. The lowest BCUT2D eigenvalue weighted by Gasteiger charge is -2.21. The van der Waals surface area contributed by atoms with Crippen LogP contribution in [0.1, 0.15) is 5.56 Å². The molecule has 0 aromatic heterocycles. The van der Waals surface area contributed by atoms with Gasteiger partial charge in [0.1, 0.15) is 10.6 Å². The minimum absolute atomic E-state index is 0.0647. The molecule has 2 aromatic rings. The number of carbonyl (C=O) groups is 1. The lowest BCUT2D eigenvalue weighted by molar-refractivity contribution is -0.136. The first-order valence-corrected chi connectivity index (χ1v) is 8.23. The monoisotopic (exact) mass is 335 g/mol. The summed E-state index contributed by atoms with van der Waals surface area (Å²) in [6.07, 6.45) is -0.262. The second-order valence-electron chi connectivity index (χ2n) is 4.86. The molecule has 0 spiro atoms. The van der Waals surface area contributed by atoms with E-state index in [9.17, 15) is 13.2 Å². The maximum absolute atomic E-state index is 12.8. The Morgan fingerprint density at radius 2 is 1.83 bits per heavy atom. The number of aliphatic carboxylic acids is 1. The van der Waals surface area contributed by atoms with E-state index in [0.717, 1.165) is 4.31 Å². The molecule has 0 aliphatic heterocycles. The molecule has 0 bridgehead atoms. The fraction of sp³-hybridized carbons (Fsp3) is 0.188. The maximum atomic E-state index is 12.8. The van der Waals surface area contributed by atoms with Gasteiger partial charge in [-0.2, -0.15) is 0 Å². The van der Waals surface area contributed by atoms with Crippen LogP contribution in [0.5, 0.6) is 5.75 Å². The summed E-state index contributed by atoms with van der Waals surface area (Å²) in [6, 6.07) is 12.9. The summed E-state index contributed by atoms with van der Waals surface area (Å²) in [6.45, 7) is 0. The average Bonchev–Trinajstić information content (AvgIpc) is 2.54. The fourth-order valence-electron chi connectivity index (χ4n) is 2.13. The smallest absolute Gasteiger partial charge is 0.307 e. The van der Waals surface area contributed by atoms with Gasteiger partial charge in [0.25, 0.3) is 10.0 Å². The van der Waals surface area contributed by atoms with Crippen LogP contribution < -0.4 is 9.04 Å². The van der Waals surface area contributed by atoms with Gasteiger partial charge in [0.15, 0.2) is 0 Å². The Morgan fingerprint density at radius 1 is 1.17 bits per heavy atom. The van der Waals surface area contributed by atoms with Gasteiger partial charge in [-0.15, -0.1) is 0 Å².